The Morgan fingerprint density at radius 3 is 2.56 bits per heavy atom. The first-order chi connectivity index (χ1) is 7.67. The number of likely N-dealkylation sites (N-methyl/N-ethyl adjacent to an activating group) is 2. The highest BCUT2D eigenvalue weighted by Crippen LogP contribution is 2.19. The van der Waals surface area contributed by atoms with Gasteiger partial charge in [-0.1, -0.05) is 13.0 Å². The molecular weight excluding hydrogens is 200 g/mol. The molecule has 0 aliphatic rings. The second-order valence-corrected chi connectivity index (χ2v) is 4.02. The fraction of sp³-hybridized carbons (Fsp3) is 0.538. The molecule has 1 aromatic rings. The van der Waals surface area contributed by atoms with Crippen LogP contribution in [0.4, 0.5) is 5.69 Å². The summed E-state index contributed by atoms with van der Waals surface area (Å²) in [7, 11) is 5.95. The molecule has 0 atom stereocenters. The zero-order chi connectivity index (χ0) is 12.0. The Hall–Kier alpha value is -1.22. The number of rotatable bonds is 6. The van der Waals surface area contributed by atoms with Gasteiger partial charge in [0.1, 0.15) is 5.75 Å². The molecule has 1 rings (SSSR count). The molecule has 0 fully saturated rings. The number of anilines is 1. The van der Waals surface area contributed by atoms with E-state index in [-0.39, 0.29) is 0 Å². The van der Waals surface area contributed by atoms with Crippen LogP contribution in [0.15, 0.2) is 24.3 Å². The zero-order valence-corrected chi connectivity index (χ0v) is 10.7. The highest BCUT2D eigenvalue weighted by molar-refractivity contribution is 5.50. The summed E-state index contributed by atoms with van der Waals surface area (Å²) in [5.41, 5.74) is 1.20. The van der Waals surface area contributed by atoms with Gasteiger partial charge in [0.2, 0.25) is 0 Å². The van der Waals surface area contributed by atoms with Crippen molar-refractivity contribution in [3.05, 3.63) is 24.3 Å². The summed E-state index contributed by atoms with van der Waals surface area (Å²) in [5.74, 6) is 0.910. The van der Waals surface area contributed by atoms with E-state index in [4.69, 9.17) is 4.74 Å². The maximum Gasteiger partial charge on any atom is 0.120 e. The van der Waals surface area contributed by atoms with Crippen LogP contribution in [0, 0.1) is 0 Å². The molecule has 16 heavy (non-hydrogen) atoms. The van der Waals surface area contributed by atoms with Crippen molar-refractivity contribution in [2.24, 2.45) is 0 Å². The highest BCUT2D eigenvalue weighted by Gasteiger charge is 2.03. The average molecular weight is 222 g/mol. The lowest BCUT2D eigenvalue weighted by Gasteiger charge is -2.23. The van der Waals surface area contributed by atoms with Crippen LogP contribution in [0.1, 0.15) is 6.92 Å². The minimum absolute atomic E-state index is 0.910. The fourth-order valence-corrected chi connectivity index (χ4v) is 1.46. The first-order valence-electron chi connectivity index (χ1n) is 5.71. The second kappa shape index (κ2) is 6.38. The van der Waals surface area contributed by atoms with Gasteiger partial charge in [0.25, 0.3) is 0 Å². The summed E-state index contributed by atoms with van der Waals surface area (Å²) >= 11 is 0. The number of ether oxygens (including phenoxy) is 1. The number of methoxy groups -OCH3 is 1. The first-order valence-corrected chi connectivity index (χ1v) is 5.71. The van der Waals surface area contributed by atoms with E-state index in [2.05, 4.69) is 43.0 Å². The lowest BCUT2D eigenvalue weighted by atomic mass is 10.3. The van der Waals surface area contributed by atoms with Gasteiger partial charge in [-0.05, 0) is 25.7 Å². The van der Waals surface area contributed by atoms with E-state index in [0.29, 0.717) is 0 Å². The minimum Gasteiger partial charge on any atom is -0.497 e. The molecule has 3 heteroatoms. The molecule has 0 aromatic heterocycles. The van der Waals surface area contributed by atoms with Gasteiger partial charge in [-0.15, -0.1) is 0 Å². The topological polar surface area (TPSA) is 15.7 Å². The largest absolute Gasteiger partial charge is 0.497 e. The summed E-state index contributed by atoms with van der Waals surface area (Å²) in [4.78, 5) is 4.55. The van der Waals surface area contributed by atoms with Crippen LogP contribution in [-0.2, 0) is 0 Å². The predicted molar refractivity (Wildman–Crippen MR) is 69.4 cm³/mol. The molecule has 90 valence electrons. The van der Waals surface area contributed by atoms with Crippen molar-refractivity contribution in [1.29, 1.82) is 0 Å². The molecule has 0 heterocycles. The Balaban J connectivity index is 2.54. The van der Waals surface area contributed by atoms with Gasteiger partial charge in [-0.25, -0.2) is 0 Å². The zero-order valence-electron chi connectivity index (χ0n) is 10.7. The lowest BCUT2D eigenvalue weighted by molar-refractivity contribution is 0.360. The molecule has 1 aromatic carbocycles. The van der Waals surface area contributed by atoms with Crippen molar-refractivity contribution in [3.8, 4) is 5.75 Å². The molecule has 0 aliphatic heterocycles. The van der Waals surface area contributed by atoms with Crippen LogP contribution in [0.25, 0.3) is 0 Å². The molecule has 0 aliphatic carbocycles. The van der Waals surface area contributed by atoms with E-state index in [9.17, 15) is 0 Å². The van der Waals surface area contributed by atoms with Crippen LogP contribution in [0.3, 0.4) is 0 Å². The van der Waals surface area contributed by atoms with Crippen LogP contribution in [-0.4, -0.2) is 45.7 Å². The molecule has 3 nitrogen and oxygen atoms in total. The van der Waals surface area contributed by atoms with Crippen molar-refractivity contribution in [1.82, 2.24) is 4.90 Å². The number of hydrogen-bond donors (Lipinski definition) is 0. The monoisotopic (exact) mass is 222 g/mol. The Bertz CT molecular complexity index is 315. The molecule has 0 bridgehead atoms. The second-order valence-electron chi connectivity index (χ2n) is 4.02. The van der Waals surface area contributed by atoms with Crippen molar-refractivity contribution in [3.63, 3.8) is 0 Å². The van der Waals surface area contributed by atoms with Gasteiger partial charge in [0.15, 0.2) is 0 Å². The quantitative estimate of drug-likeness (QED) is 0.733. The van der Waals surface area contributed by atoms with Gasteiger partial charge < -0.3 is 14.5 Å². The summed E-state index contributed by atoms with van der Waals surface area (Å²) < 4.78 is 5.21. The third-order valence-corrected chi connectivity index (χ3v) is 2.85. The normalized spacial score (nSPS) is 10.6. The Morgan fingerprint density at radius 1 is 1.19 bits per heavy atom. The third kappa shape index (κ3) is 3.74. The summed E-state index contributed by atoms with van der Waals surface area (Å²) in [6.45, 7) is 5.36. The van der Waals surface area contributed by atoms with Gasteiger partial charge in [-0.2, -0.15) is 0 Å². The van der Waals surface area contributed by atoms with E-state index >= 15 is 0 Å². The maximum absolute atomic E-state index is 5.21. The highest BCUT2D eigenvalue weighted by atomic mass is 16.5. The molecule has 0 N–H and O–H groups in total. The van der Waals surface area contributed by atoms with Gasteiger partial charge in [0, 0.05) is 31.9 Å². The van der Waals surface area contributed by atoms with E-state index < -0.39 is 0 Å². The molecule has 0 amide bonds. The van der Waals surface area contributed by atoms with Crippen molar-refractivity contribution in [2.75, 3.05) is 45.7 Å². The predicted octanol–water partition coefficient (Wildman–Crippen LogP) is 2.08. The van der Waals surface area contributed by atoms with Crippen LogP contribution < -0.4 is 9.64 Å². The Morgan fingerprint density at radius 2 is 1.94 bits per heavy atom. The Labute approximate surface area is 98.6 Å². The third-order valence-electron chi connectivity index (χ3n) is 2.85. The molecular formula is C13H22N2O. The molecule has 0 unspecified atom stereocenters. The summed E-state index contributed by atoms with van der Waals surface area (Å²) in [5, 5.41) is 0. The van der Waals surface area contributed by atoms with E-state index in [0.717, 1.165) is 25.4 Å². The maximum atomic E-state index is 5.21. The fourth-order valence-electron chi connectivity index (χ4n) is 1.46. The Kier molecular flexibility index (Phi) is 5.12. The van der Waals surface area contributed by atoms with Crippen LogP contribution >= 0.6 is 0 Å². The van der Waals surface area contributed by atoms with Crippen LogP contribution in [0.2, 0.25) is 0 Å². The summed E-state index contributed by atoms with van der Waals surface area (Å²) in [6, 6.07) is 8.16. The summed E-state index contributed by atoms with van der Waals surface area (Å²) in [6.07, 6.45) is 0. The molecule has 0 saturated carbocycles. The first kappa shape index (κ1) is 12.8. The van der Waals surface area contributed by atoms with Gasteiger partial charge >= 0.3 is 0 Å². The van der Waals surface area contributed by atoms with Crippen LogP contribution in [0.5, 0.6) is 5.75 Å². The lowest BCUT2D eigenvalue weighted by Crippen LogP contribution is -2.30. The smallest absolute Gasteiger partial charge is 0.120 e. The number of hydrogen-bond acceptors (Lipinski definition) is 3. The van der Waals surface area contributed by atoms with E-state index in [1.54, 1.807) is 7.11 Å². The number of benzene rings is 1. The number of nitrogens with zero attached hydrogens (tertiary/aromatic N) is 2. The van der Waals surface area contributed by atoms with Crippen molar-refractivity contribution < 1.29 is 4.74 Å². The SMILES string of the molecule is CCN(C)CCN(C)c1cccc(OC)c1. The van der Waals surface area contributed by atoms with E-state index in [1.807, 2.05) is 12.1 Å². The molecule has 0 radical (unpaired) electrons. The van der Waals surface area contributed by atoms with Gasteiger partial charge in [-0.3, -0.25) is 0 Å². The van der Waals surface area contributed by atoms with Crippen molar-refractivity contribution >= 4 is 5.69 Å². The molecule has 0 saturated heterocycles. The molecule has 0 spiro atoms. The average Bonchev–Trinajstić information content (AvgIpc) is 2.35. The van der Waals surface area contributed by atoms with Gasteiger partial charge in [0.05, 0.1) is 7.11 Å². The van der Waals surface area contributed by atoms with E-state index in [1.165, 1.54) is 5.69 Å². The standard InChI is InChI=1S/C13H22N2O/c1-5-14(2)9-10-15(3)12-7-6-8-13(11-12)16-4/h6-8,11H,5,9-10H2,1-4H3. The minimum atomic E-state index is 0.910. The van der Waals surface area contributed by atoms with Crippen molar-refractivity contribution in [2.45, 2.75) is 6.92 Å².